The molecule has 0 amide bonds. The third-order valence-electron chi connectivity index (χ3n) is 7.27. The number of carbonyl (C=O) groups is 1. The summed E-state index contributed by atoms with van der Waals surface area (Å²) in [6, 6.07) is 27.1. The van der Waals surface area contributed by atoms with E-state index in [4.69, 9.17) is 9.84 Å². The Labute approximate surface area is 242 Å². The van der Waals surface area contributed by atoms with Crippen LogP contribution < -0.4 is 4.74 Å². The number of unbranched alkanes of at least 4 members (excludes halogenated alkanes) is 3. The summed E-state index contributed by atoms with van der Waals surface area (Å²) in [4.78, 5) is 11.0. The minimum absolute atomic E-state index is 0.219. The Bertz CT molecular complexity index is 1320. The number of allylic oxidation sites excluding steroid dienone is 1. The molecule has 0 bridgehead atoms. The number of aryl methyl sites for hydroxylation is 2. The van der Waals surface area contributed by atoms with Gasteiger partial charge in [0.15, 0.2) is 5.82 Å². The second-order valence-electron chi connectivity index (χ2n) is 10.4. The Balaban J connectivity index is 1.29. The molecule has 7 nitrogen and oxygen atoms in total. The number of para-hydroxylation sites is 1. The molecule has 0 saturated carbocycles. The number of ether oxygens (including phenoxy) is 1. The molecule has 214 valence electrons. The zero-order chi connectivity index (χ0) is 28.5. The van der Waals surface area contributed by atoms with Crippen LogP contribution in [0.5, 0.6) is 5.75 Å². The fourth-order valence-electron chi connectivity index (χ4n) is 4.91. The summed E-state index contributed by atoms with van der Waals surface area (Å²) in [7, 11) is 0. The number of H-pyrrole nitrogens is 1. The first-order valence-corrected chi connectivity index (χ1v) is 14.7. The van der Waals surface area contributed by atoms with Crippen molar-refractivity contribution in [1.29, 1.82) is 0 Å². The second kappa shape index (κ2) is 16.8. The van der Waals surface area contributed by atoms with E-state index in [0.717, 1.165) is 61.8 Å². The molecule has 4 rings (SSSR count). The van der Waals surface area contributed by atoms with Crippen molar-refractivity contribution in [2.24, 2.45) is 5.92 Å². The number of aromatic nitrogens is 4. The monoisotopic (exact) mass is 552 g/mol. The number of tetrazole rings is 1. The van der Waals surface area contributed by atoms with Crippen molar-refractivity contribution in [3.63, 3.8) is 0 Å². The van der Waals surface area contributed by atoms with Gasteiger partial charge in [0.05, 0.1) is 6.61 Å². The molecule has 0 saturated heterocycles. The molecule has 7 heteroatoms. The van der Waals surface area contributed by atoms with E-state index in [1.54, 1.807) is 0 Å². The first kappa shape index (κ1) is 29.7. The number of hydrogen-bond donors (Lipinski definition) is 2. The number of aliphatic carboxylic acids is 1. The molecule has 0 spiro atoms. The highest BCUT2D eigenvalue weighted by Gasteiger charge is 2.09. The van der Waals surface area contributed by atoms with Gasteiger partial charge in [0.25, 0.3) is 0 Å². The van der Waals surface area contributed by atoms with Gasteiger partial charge in [-0.1, -0.05) is 91.4 Å². The predicted octanol–water partition coefficient (Wildman–Crippen LogP) is 7.57. The molecule has 1 unspecified atom stereocenters. The van der Waals surface area contributed by atoms with Gasteiger partial charge < -0.3 is 9.84 Å². The quantitative estimate of drug-likeness (QED) is 0.124. The minimum atomic E-state index is -0.731. The van der Waals surface area contributed by atoms with E-state index in [1.807, 2.05) is 30.3 Å². The molecular formula is C34H40N4O3. The summed E-state index contributed by atoms with van der Waals surface area (Å²) in [5.41, 5.74) is 4.68. The van der Waals surface area contributed by atoms with E-state index < -0.39 is 5.97 Å². The molecule has 1 aromatic heterocycles. The highest BCUT2D eigenvalue weighted by Crippen LogP contribution is 2.25. The van der Waals surface area contributed by atoms with Crippen LogP contribution in [-0.4, -0.2) is 38.3 Å². The maximum atomic E-state index is 11.0. The fraction of sp³-hybridized carbons (Fsp3) is 0.353. The average Bonchev–Trinajstić information content (AvgIpc) is 3.54. The Kier molecular flexibility index (Phi) is 12.1. The predicted molar refractivity (Wildman–Crippen MR) is 162 cm³/mol. The standard InChI is InChI=1S/C34H40N4O3/c39-33(40)17-9-6-14-28(18-19-29-21-24-31(25-22-29)34-35-37-38-36-34)20-23-30-15-7-8-16-32(30)41-26-10-2-5-13-27-11-3-1-4-12-27/h1,3-4,7-8,11-12,15-16,20-25,28H,2,5-6,9-10,13-14,17-19,26H2,(H,39,40)(H,35,36,37,38). The third kappa shape index (κ3) is 10.7. The van der Waals surface area contributed by atoms with Gasteiger partial charge in [0, 0.05) is 17.5 Å². The minimum Gasteiger partial charge on any atom is -0.493 e. The highest BCUT2D eigenvalue weighted by molar-refractivity contribution is 5.66. The molecule has 0 aliphatic carbocycles. The van der Waals surface area contributed by atoms with Crippen molar-refractivity contribution in [1.82, 2.24) is 20.6 Å². The van der Waals surface area contributed by atoms with Crippen LogP contribution in [0.4, 0.5) is 0 Å². The Morgan fingerprint density at radius 1 is 0.829 bits per heavy atom. The highest BCUT2D eigenvalue weighted by atomic mass is 16.5. The molecule has 1 atom stereocenters. The van der Waals surface area contributed by atoms with E-state index >= 15 is 0 Å². The number of rotatable bonds is 18. The summed E-state index contributed by atoms with van der Waals surface area (Å²) in [6.07, 6.45) is 13.6. The van der Waals surface area contributed by atoms with Crippen molar-refractivity contribution in [3.05, 3.63) is 102 Å². The van der Waals surface area contributed by atoms with E-state index in [1.165, 1.54) is 17.5 Å². The molecule has 1 heterocycles. The fourth-order valence-corrected chi connectivity index (χ4v) is 4.91. The van der Waals surface area contributed by atoms with Gasteiger partial charge in [0.1, 0.15) is 5.75 Å². The lowest BCUT2D eigenvalue weighted by atomic mass is 9.92. The first-order chi connectivity index (χ1) is 20.2. The van der Waals surface area contributed by atoms with Gasteiger partial charge in [-0.3, -0.25) is 4.79 Å². The first-order valence-electron chi connectivity index (χ1n) is 14.7. The van der Waals surface area contributed by atoms with E-state index in [-0.39, 0.29) is 6.42 Å². The van der Waals surface area contributed by atoms with Crippen molar-refractivity contribution in [3.8, 4) is 17.1 Å². The van der Waals surface area contributed by atoms with E-state index in [0.29, 0.717) is 24.8 Å². The van der Waals surface area contributed by atoms with Crippen LogP contribution in [0, 0.1) is 5.92 Å². The molecule has 0 radical (unpaired) electrons. The Morgan fingerprint density at radius 3 is 2.39 bits per heavy atom. The third-order valence-corrected chi connectivity index (χ3v) is 7.27. The molecule has 0 aliphatic heterocycles. The number of carboxylic acid groups (broad SMARTS) is 1. The smallest absolute Gasteiger partial charge is 0.303 e. The Hall–Kier alpha value is -4.26. The topological polar surface area (TPSA) is 101 Å². The zero-order valence-electron chi connectivity index (χ0n) is 23.6. The number of benzene rings is 3. The van der Waals surface area contributed by atoms with Gasteiger partial charge in [-0.25, -0.2) is 5.10 Å². The number of nitrogens with zero attached hydrogens (tertiary/aromatic N) is 3. The van der Waals surface area contributed by atoms with E-state index in [2.05, 4.69) is 81.3 Å². The van der Waals surface area contributed by atoms with E-state index in [9.17, 15) is 4.79 Å². The number of nitrogens with one attached hydrogen (secondary N) is 1. The van der Waals surface area contributed by atoms with Gasteiger partial charge in [-0.05, 0) is 84.9 Å². The van der Waals surface area contributed by atoms with Crippen LogP contribution in [0.25, 0.3) is 17.5 Å². The van der Waals surface area contributed by atoms with Gasteiger partial charge in [0.2, 0.25) is 0 Å². The van der Waals surface area contributed by atoms with Gasteiger partial charge >= 0.3 is 5.97 Å². The zero-order valence-corrected chi connectivity index (χ0v) is 23.6. The van der Waals surface area contributed by atoms with Gasteiger partial charge in [-0.15, -0.1) is 5.10 Å². The van der Waals surface area contributed by atoms with Crippen molar-refractivity contribution in [2.45, 2.75) is 64.2 Å². The van der Waals surface area contributed by atoms with Gasteiger partial charge in [-0.2, -0.15) is 0 Å². The van der Waals surface area contributed by atoms with Crippen LogP contribution in [0.15, 0.2) is 84.9 Å². The lowest BCUT2D eigenvalue weighted by Gasteiger charge is -2.14. The maximum absolute atomic E-state index is 11.0. The lowest BCUT2D eigenvalue weighted by Crippen LogP contribution is -2.02. The molecule has 3 aromatic carbocycles. The van der Waals surface area contributed by atoms with Crippen LogP contribution in [0.2, 0.25) is 0 Å². The van der Waals surface area contributed by atoms with Crippen LogP contribution in [0.3, 0.4) is 0 Å². The summed E-state index contributed by atoms with van der Waals surface area (Å²) < 4.78 is 6.18. The molecule has 2 N–H and O–H groups in total. The maximum Gasteiger partial charge on any atom is 0.303 e. The average molecular weight is 553 g/mol. The summed E-state index contributed by atoms with van der Waals surface area (Å²) >= 11 is 0. The lowest BCUT2D eigenvalue weighted by molar-refractivity contribution is -0.137. The van der Waals surface area contributed by atoms with Crippen molar-refractivity contribution < 1.29 is 14.6 Å². The van der Waals surface area contributed by atoms with Crippen LogP contribution in [0.1, 0.15) is 68.1 Å². The number of carboxylic acids is 1. The van der Waals surface area contributed by atoms with Crippen molar-refractivity contribution >= 4 is 12.0 Å². The largest absolute Gasteiger partial charge is 0.493 e. The van der Waals surface area contributed by atoms with Crippen LogP contribution >= 0.6 is 0 Å². The van der Waals surface area contributed by atoms with Crippen molar-refractivity contribution in [2.75, 3.05) is 6.61 Å². The number of aromatic amines is 1. The molecule has 0 aliphatic rings. The number of hydrogen-bond acceptors (Lipinski definition) is 5. The Morgan fingerprint density at radius 2 is 1.61 bits per heavy atom. The molecule has 41 heavy (non-hydrogen) atoms. The molecule has 4 aromatic rings. The SMILES string of the molecule is O=C(O)CCCCC(C=Cc1ccccc1OCCCCCc1ccccc1)CCc1ccc(-c2nnn[nH]2)cc1. The second-order valence-corrected chi connectivity index (χ2v) is 10.4. The normalized spacial score (nSPS) is 12.0. The molecule has 0 fully saturated rings. The molecular weight excluding hydrogens is 512 g/mol. The summed E-state index contributed by atoms with van der Waals surface area (Å²) in [6.45, 7) is 0.707. The van der Waals surface area contributed by atoms with Crippen LogP contribution in [-0.2, 0) is 17.6 Å². The summed E-state index contributed by atoms with van der Waals surface area (Å²) in [5.74, 6) is 1.18. The summed E-state index contributed by atoms with van der Waals surface area (Å²) in [5, 5.41) is 23.1.